The average Bonchev–Trinajstić information content (AvgIpc) is 2.51. The van der Waals surface area contributed by atoms with Gasteiger partial charge in [0.15, 0.2) is 0 Å². The monoisotopic (exact) mass is 302 g/mol. The van der Waals surface area contributed by atoms with Crippen LogP contribution in [-0.4, -0.2) is 29.4 Å². The van der Waals surface area contributed by atoms with Gasteiger partial charge in [-0.05, 0) is 36.2 Å². The van der Waals surface area contributed by atoms with Crippen LogP contribution >= 0.6 is 0 Å². The van der Waals surface area contributed by atoms with Crippen molar-refractivity contribution in [1.82, 2.24) is 0 Å². The van der Waals surface area contributed by atoms with E-state index in [0.717, 1.165) is 12.2 Å². The van der Waals surface area contributed by atoms with Crippen LogP contribution in [0.4, 0.5) is 0 Å². The maximum atomic E-state index is 10.8. The smallest absolute Gasteiger partial charge is 0.339 e. The van der Waals surface area contributed by atoms with Gasteiger partial charge in [0, 0.05) is 6.07 Å². The van der Waals surface area contributed by atoms with Gasteiger partial charge in [-0.2, -0.15) is 0 Å². The zero-order valence-corrected chi connectivity index (χ0v) is 12.3. The molecular weight excluding hydrogens is 284 g/mol. The van der Waals surface area contributed by atoms with E-state index < -0.39 is 5.97 Å². The fourth-order valence-electron chi connectivity index (χ4n) is 1.96. The Kier molecular flexibility index (Phi) is 5.25. The van der Waals surface area contributed by atoms with Crippen LogP contribution in [-0.2, 0) is 6.42 Å². The van der Waals surface area contributed by atoms with E-state index in [2.05, 4.69) is 6.92 Å². The van der Waals surface area contributed by atoms with Crippen LogP contribution in [0.2, 0.25) is 0 Å². The van der Waals surface area contributed by atoms with Crippen molar-refractivity contribution in [2.75, 3.05) is 13.2 Å². The molecule has 0 heterocycles. The van der Waals surface area contributed by atoms with E-state index in [0.29, 0.717) is 19.0 Å². The highest BCUT2D eigenvalue weighted by Crippen LogP contribution is 2.23. The van der Waals surface area contributed by atoms with Crippen molar-refractivity contribution in [3.63, 3.8) is 0 Å². The van der Waals surface area contributed by atoms with Crippen LogP contribution in [0.5, 0.6) is 17.2 Å². The highest BCUT2D eigenvalue weighted by molar-refractivity contribution is 5.90. The van der Waals surface area contributed by atoms with Gasteiger partial charge < -0.3 is 19.7 Å². The lowest BCUT2D eigenvalue weighted by Gasteiger charge is -2.10. The number of carbonyl (C=O) groups is 1. The van der Waals surface area contributed by atoms with E-state index in [9.17, 15) is 9.90 Å². The van der Waals surface area contributed by atoms with Gasteiger partial charge in [-0.1, -0.05) is 19.1 Å². The third kappa shape index (κ3) is 4.15. The van der Waals surface area contributed by atoms with Crippen molar-refractivity contribution in [2.45, 2.75) is 13.3 Å². The van der Waals surface area contributed by atoms with Crippen molar-refractivity contribution in [3.8, 4) is 17.2 Å². The molecule has 0 fully saturated rings. The van der Waals surface area contributed by atoms with Crippen molar-refractivity contribution >= 4 is 5.97 Å². The Hall–Kier alpha value is -2.69. The second kappa shape index (κ2) is 7.36. The number of phenols is 1. The number of aryl methyl sites for hydroxylation is 1. The summed E-state index contributed by atoms with van der Waals surface area (Å²) in [5.74, 6) is -0.315. The summed E-state index contributed by atoms with van der Waals surface area (Å²) in [5.41, 5.74) is 1.05. The standard InChI is InChI=1S/C17H18O5/c1-2-12-4-3-5-13(10-12)21-8-9-22-14-6-7-15(17(19)20)16(18)11-14/h3-7,10-11,18H,2,8-9H2,1H3,(H,19,20). The van der Waals surface area contributed by atoms with Crippen LogP contribution in [0.25, 0.3) is 0 Å². The predicted octanol–water partition coefficient (Wildman–Crippen LogP) is 3.11. The molecule has 5 heteroatoms. The normalized spacial score (nSPS) is 10.2. The van der Waals surface area contributed by atoms with Gasteiger partial charge in [0.1, 0.15) is 36.0 Å². The van der Waals surface area contributed by atoms with E-state index >= 15 is 0 Å². The molecule has 0 saturated heterocycles. The first-order valence-corrected chi connectivity index (χ1v) is 7.01. The highest BCUT2D eigenvalue weighted by Gasteiger charge is 2.10. The minimum atomic E-state index is -1.18. The van der Waals surface area contributed by atoms with E-state index in [-0.39, 0.29) is 11.3 Å². The molecule has 2 rings (SSSR count). The second-order valence-corrected chi connectivity index (χ2v) is 4.68. The molecule has 0 spiro atoms. The Morgan fingerprint density at radius 1 is 1.05 bits per heavy atom. The Labute approximate surface area is 128 Å². The second-order valence-electron chi connectivity index (χ2n) is 4.68. The molecule has 0 amide bonds. The van der Waals surface area contributed by atoms with Crippen molar-refractivity contribution < 1.29 is 24.5 Å². The largest absolute Gasteiger partial charge is 0.507 e. The van der Waals surface area contributed by atoms with Gasteiger partial charge >= 0.3 is 5.97 Å². The zero-order valence-electron chi connectivity index (χ0n) is 12.3. The Balaban J connectivity index is 1.83. The molecule has 2 aromatic rings. The summed E-state index contributed by atoms with van der Waals surface area (Å²) in [6, 6.07) is 11.9. The third-order valence-electron chi connectivity index (χ3n) is 3.13. The molecule has 0 aromatic heterocycles. The summed E-state index contributed by atoms with van der Waals surface area (Å²) in [7, 11) is 0. The Morgan fingerprint density at radius 2 is 1.73 bits per heavy atom. The predicted molar refractivity (Wildman–Crippen MR) is 81.9 cm³/mol. The summed E-state index contributed by atoms with van der Waals surface area (Å²) >= 11 is 0. The quantitative estimate of drug-likeness (QED) is 0.769. The topological polar surface area (TPSA) is 76.0 Å². The van der Waals surface area contributed by atoms with Crippen molar-refractivity contribution in [2.24, 2.45) is 0 Å². The Bertz CT molecular complexity index is 651. The molecule has 0 atom stereocenters. The third-order valence-corrected chi connectivity index (χ3v) is 3.13. The summed E-state index contributed by atoms with van der Waals surface area (Å²) in [4.78, 5) is 10.8. The number of aromatic carboxylic acids is 1. The summed E-state index contributed by atoms with van der Waals surface area (Å²) in [6.07, 6.45) is 0.947. The molecule has 0 aliphatic heterocycles. The molecule has 0 radical (unpaired) electrons. The maximum Gasteiger partial charge on any atom is 0.339 e. The van der Waals surface area contributed by atoms with E-state index in [1.165, 1.54) is 23.8 Å². The lowest BCUT2D eigenvalue weighted by Crippen LogP contribution is -2.09. The number of ether oxygens (including phenoxy) is 2. The summed E-state index contributed by atoms with van der Waals surface area (Å²) < 4.78 is 11.0. The van der Waals surface area contributed by atoms with Gasteiger partial charge in [-0.25, -0.2) is 4.79 Å². The molecule has 0 aliphatic carbocycles. The van der Waals surface area contributed by atoms with Crippen LogP contribution in [0, 0.1) is 0 Å². The first kappa shape index (κ1) is 15.7. The number of carboxylic acid groups (broad SMARTS) is 1. The van der Waals surface area contributed by atoms with Gasteiger partial charge in [-0.15, -0.1) is 0 Å². The molecule has 116 valence electrons. The number of hydrogen-bond acceptors (Lipinski definition) is 4. The molecule has 0 saturated carbocycles. The van der Waals surface area contributed by atoms with Crippen LogP contribution in [0.15, 0.2) is 42.5 Å². The minimum Gasteiger partial charge on any atom is -0.507 e. The van der Waals surface area contributed by atoms with E-state index in [4.69, 9.17) is 14.6 Å². The lowest BCUT2D eigenvalue weighted by atomic mass is 10.2. The zero-order chi connectivity index (χ0) is 15.9. The molecular formula is C17H18O5. The highest BCUT2D eigenvalue weighted by atomic mass is 16.5. The lowest BCUT2D eigenvalue weighted by molar-refractivity contribution is 0.0693. The number of carboxylic acids is 1. The number of hydrogen-bond donors (Lipinski definition) is 2. The molecule has 0 unspecified atom stereocenters. The fourth-order valence-corrected chi connectivity index (χ4v) is 1.96. The van der Waals surface area contributed by atoms with E-state index in [1.807, 2.05) is 24.3 Å². The number of rotatable bonds is 7. The molecule has 0 bridgehead atoms. The van der Waals surface area contributed by atoms with Gasteiger partial charge in [0.25, 0.3) is 0 Å². The summed E-state index contributed by atoms with van der Waals surface area (Å²) in [6.45, 7) is 2.73. The van der Waals surface area contributed by atoms with Crippen LogP contribution in [0.3, 0.4) is 0 Å². The molecule has 2 aromatic carbocycles. The molecule has 2 N–H and O–H groups in total. The Morgan fingerprint density at radius 3 is 2.32 bits per heavy atom. The molecule has 22 heavy (non-hydrogen) atoms. The molecule has 5 nitrogen and oxygen atoms in total. The fraction of sp³-hybridized carbons (Fsp3) is 0.235. The first-order valence-electron chi connectivity index (χ1n) is 7.01. The van der Waals surface area contributed by atoms with Gasteiger partial charge in [-0.3, -0.25) is 0 Å². The molecule has 0 aliphatic rings. The van der Waals surface area contributed by atoms with Crippen molar-refractivity contribution in [3.05, 3.63) is 53.6 Å². The van der Waals surface area contributed by atoms with Crippen LogP contribution < -0.4 is 9.47 Å². The number of aromatic hydroxyl groups is 1. The van der Waals surface area contributed by atoms with Crippen molar-refractivity contribution in [1.29, 1.82) is 0 Å². The summed E-state index contributed by atoms with van der Waals surface area (Å²) in [5, 5.41) is 18.4. The first-order chi connectivity index (χ1) is 10.6. The van der Waals surface area contributed by atoms with Gasteiger partial charge in [0.05, 0.1) is 0 Å². The minimum absolute atomic E-state index is 0.153. The number of benzene rings is 2. The average molecular weight is 302 g/mol. The SMILES string of the molecule is CCc1cccc(OCCOc2ccc(C(=O)O)c(O)c2)c1. The van der Waals surface area contributed by atoms with Crippen LogP contribution in [0.1, 0.15) is 22.8 Å². The van der Waals surface area contributed by atoms with E-state index in [1.54, 1.807) is 0 Å². The maximum absolute atomic E-state index is 10.8. The van der Waals surface area contributed by atoms with Gasteiger partial charge in [0.2, 0.25) is 0 Å².